The molecule has 18 heavy (non-hydrogen) atoms. The Hall–Kier alpha value is -1.82. The summed E-state index contributed by atoms with van der Waals surface area (Å²) in [6, 6.07) is 4.80. The fourth-order valence-electron chi connectivity index (χ4n) is 1.88. The minimum absolute atomic E-state index is 0.0161. The van der Waals surface area contributed by atoms with Gasteiger partial charge in [0, 0.05) is 18.7 Å². The van der Waals surface area contributed by atoms with Crippen LogP contribution in [0.15, 0.2) is 18.2 Å². The van der Waals surface area contributed by atoms with Gasteiger partial charge in [-0.25, -0.2) is 0 Å². The highest BCUT2D eigenvalue weighted by atomic mass is 16.7. The van der Waals surface area contributed by atoms with Crippen LogP contribution in [0, 0.1) is 10.1 Å². The lowest BCUT2D eigenvalue weighted by Gasteiger charge is -2.28. The molecule has 6 heteroatoms. The van der Waals surface area contributed by atoms with Crippen LogP contribution in [0.5, 0.6) is 5.75 Å². The van der Waals surface area contributed by atoms with Crippen molar-refractivity contribution in [3.63, 3.8) is 0 Å². The number of hydroxylamine groups is 1. The van der Waals surface area contributed by atoms with Crippen LogP contribution in [0.4, 0.5) is 11.4 Å². The first-order valence-electron chi connectivity index (χ1n) is 6.04. The van der Waals surface area contributed by atoms with E-state index >= 15 is 0 Å². The van der Waals surface area contributed by atoms with Crippen LogP contribution in [0.3, 0.4) is 0 Å². The van der Waals surface area contributed by atoms with E-state index in [2.05, 4.69) is 0 Å². The van der Waals surface area contributed by atoms with E-state index in [4.69, 9.17) is 9.57 Å². The third kappa shape index (κ3) is 2.70. The lowest BCUT2D eigenvalue weighted by Crippen LogP contribution is -2.29. The second-order valence-corrected chi connectivity index (χ2v) is 3.98. The van der Waals surface area contributed by atoms with Crippen LogP contribution in [-0.2, 0) is 4.84 Å². The van der Waals surface area contributed by atoms with Gasteiger partial charge in [0.15, 0.2) is 5.75 Å². The van der Waals surface area contributed by atoms with Gasteiger partial charge in [0.25, 0.3) is 0 Å². The maximum atomic E-state index is 10.9. The number of anilines is 1. The van der Waals surface area contributed by atoms with Crippen LogP contribution < -0.4 is 9.80 Å². The first kappa shape index (κ1) is 12.6. The molecule has 6 nitrogen and oxygen atoms in total. The molecule has 0 N–H and O–H groups in total. The van der Waals surface area contributed by atoms with Crippen molar-refractivity contribution < 1.29 is 14.5 Å². The van der Waals surface area contributed by atoms with Crippen LogP contribution in [0.25, 0.3) is 0 Å². The van der Waals surface area contributed by atoms with Gasteiger partial charge < -0.3 is 4.74 Å². The molecule has 98 valence electrons. The number of nitrogens with zero attached hydrogens (tertiary/aromatic N) is 2. The van der Waals surface area contributed by atoms with E-state index in [1.807, 2.05) is 0 Å². The summed E-state index contributed by atoms with van der Waals surface area (Å²) < 4.78 is 5.31. The summed E-state index contributed by atoms with van der Waals surface area (Å²) in [5.41, 5.74) is 0.779. The van der Waals surface area contributed by atoms with Crippen molar-refractivity contribution >= 4 is 11.4 Å². The van der Waals surface area contributed by atoms with E-state index in [1.165, 1.54) is 6.07 Å². The van der Waals surface area contributed by atoms with Crippen molar-refractivity contribution in [2.24, 2.45) is 0 Å². The van der Waals surface area contributed by atoms with E-state index in [0.717, 1.165) is 25.1 Å². The second kappa shape index (κ2) is 5.68. The molecule has 0 aliphatic carbocycles. The topological polar surface area (TPSA) is 64.8 Å². The molecular formula is C12H16N2O4. The van der Waals surface area contributed by atoms with E-state index in [1.54, 1.807) is 24.1 Å². The summed E-state index contributed by atoms with van der Waals surface area (Å²) >= 11 is 0. The Balaban J connectivity index is 2.26. The summed E-state index contributed by atoms with van der Waals surface area (Å²) in [5.74, 6) is 0.286. The molecular weight excluding hydrogens is 236 g/mol. The van der Waals surface area contributed by atoms with Crippen molar-refractivity contribution in [1.82, 2.24) is 0 Å². The monoisotopic (exact) mass is 252 g/mol. The molecule has 0 radical (unpaired) electrons. The molecule has 1 aromatic carbocycles. The summed E-state index contributed by atoms with van der Waals surface area (Å²) in [4.78, 5) is 15.9. The Morgan fingerprint density at radius 2 is 2.33 bits per heavy atom. The number of nitro groups is 1. The Kier molecular flexibility index (Phi) is 3.99. The number of hydrogen-bond acceptors (Lipinski definition) is 5. The maximum Gasteiger partial charge on any atom is 0.311 e. The maximum absolute atomic E-state index is 10.9. The molecule has 1 aliphatic heterocycles. The number of benzene rings is 1. The zero-order valence-electron chi connectivity index (χ0n) is 10.3. The zero-order valence-corrected chi connectivity index (χ0v) is 10.3. The van der Waals surface area contributed by atoms with Gasteiger partial charge in [-0.3, -0.25) is 20.0 Å². The highest BCUT2D eigenvalue weighted by Crippen LogP contribution is 2.32. The normalized spacial score (nSPS) is 15.5. The fraction of sp³-hybridized carbons (Fsp3) is 0.500. The van der Waals surface area contributed by atoms with Gasteiger partial charge in [-0.2, -0.15) is 0 Å². The number of nitro benzene ring substituents is 1. The van der Waals surface area contributed by atoms with Gasteiger partial charge in [-0.1, -0.05) is 0 Å². The molecule has 1 fully saturated rings. The number of rotatable bonds is 4. The van der Waals surface area contributed by atoms with Crippen LogP contribution in [-0.4, -0.2) is 24.7 Å². The third-order valence-corrected chi connectivity index (χ3v) is 2.73. The highest BCUT2D eigenvalue weighted by molar-refractivity contribution is 5.58. The molecule has 0 aromatic heterocycles. The van der Waals surface area contributed by atoms with Gasteiger partial charge in [-0.15, -0.1) is 0 Å². The lowest BCUT2D eigenvalue weighted by atomic mass is 10.2. The van der Waals surface area contributed by atoms with Crippen molar-refractivity contribution in [1.29, 1.82) is 0 Å². The number of ether oxygens (including phenoxy) is 1. The van der Waals surface area contributed by atoms with Gasteiger partial charge >= 0.3 is 5.69 Å². The molecule has 1 heterocycles. The Bertz CT molecular complexity index is 430. The summed E-state index contributed by atoms with van der Waals surface area (Å²) in [5, 5.41) is 12.6. The highest BCUT2D eigenvalue weighted by Gasteiger charge is 2.19. The SMILES string of the molecule is CCOc1cc(N2CCCCO2)ccc1[N+](=O)[O-]. The van der Waals surface area contributed by atoms with Crippen molar-refractivity contribution in [2.75, 3.05) is 24.8 Å². The average Bonchev–Trinajstić information content (AvgIpc) is 2.40. The largest absolute Gasteiger partial charge is 0.487 e. The lowest BCUT2D eigenvalue weighted by molar-refractivity contribution is -0.385. The Morgan fingerprint density at radius 3 is 2.94 bits per heavy atom. The van der Waals surface area contributed by atoms with E-state index in [9.17, 15) is 10.1 Å². The number of hydrogen-bond donors (Lipinski definition) is 0. The van der Waals surface area contributed by atoms with E-state index in [0.29, 0.717) is 13.2 Å². The predicted molar refractivity (Wildman–Crippen MR) is 66.8 cm³/mol. The standard InChI is InChI=1S/C12H16N2O4/c1-2-17-12-9-10(5-6-11(12)14(15)16)13-7-3-4-8-18-13/h5-6,9H,2-4,7-8H2,1H3. The summed E-state index contributed by atoms with van der Waals surface area (Å²) in [6.07, 6.45) is 2.10. The predicted octanol–water partition coefficient (Wildman–Crippen LogP) is 2.53. The van der Waals surface area contributed by atoms with Crippen molar-refractivity contribution in [2.45, 2.75) is 19.8 Å². The molecule has 0 amide bonds. The molecule has 1 saturated heterocycles. The summed E-state index contributed by atoms with van der Waals surface area (Å²) in [6.45, 7) is 3.67. The minimum Gasteiger partial charge on any atom is -0.487 e. The molecule has 0 unspecified atom stereocenters. The van der Waals surface area contributed by atoms with Crippen molar-refractivity contribution in [3.05, 3.63) is 28.3 Å². The molecule has 0 saturated carbocycles. The van der Waals surface area contributed by atoms with Crippen molar-refractivity contribution in [3.8, 4) is 5.75 Å². The fourth-order valence-corrected chi connectivity index (χ4v) is 1.88. The summed E-state index contributed by atoms with van der Waals surface area (Å²) in [7, 11) is 0. The zero-order chi connectivity index (χ0) is 13.0. The van der Waals surface area contributed by atoms with Crippen LogP contribution in [0.1, 0.15) is 19.8 Å². The van der Waals surface area contributed by atoms with E-state index in [-0.39, 0.29) is 11.4 Å². The van der Waals surface area contributed by atoms with E-state index < -0.39 is 4.92 Å². The first-order valence-corrected chi connectivity index (χ1v) is 6.04. The Morgan fingerprint density at radius 1 is 1.50 bits per heavy atom. The third-order valence-electron chi connectivity index (χ3n) is 2.73. The molecule has 0 spiro atoms. The molecule has 0 atom stereocenters. The van der Waals surface area contributed by atoms with Gasteiger partial charge in [0.05, 0.1) is 23.8 Å². The first-order chi connectivity index (χ1) is 8.72. The Labute approximate surface area is 105 Å². The van der Waals surface area contributed by atoms with Gasteiger partial charge in [0.2, 0.25) is 0 Å². The minimum atomic E-state index is -0.439. The molecule has 1 aromatic rings. The van der Waals surface area contributed by atoms with Crippen LogP contribution in [0.2, 0.25) is 0 Å². The molecule has 0 bridgehead atoms. The van der Waals surface area contributed by atoms with Gasteiger partial charge in [0.1, 0.15) is 0 Å². The smallest absolute Gasteiger partial charge is 0.311 e. The van der Waals surface area contributed by atoms with Gasteiger partial charge in [-0.05, 0) is 25.8 Å². The van der Waals surface area contributed by atoms with Crippen LogP contribution >= 0.6 is 0 Å². The second-order valence-electron chi connectivity index (χ2n) is 3.98. The molecule has 2 rings (SSSR count). The molecule has 1 aliphatic rings. The quantitative estimate of drug-likeness (QED) is 0.608. The average molecular weight is 252 g/mol.